The van der Waals surface area contributed by atoms with Crippen LogP contribution in [0.1, 0.15) is 5.56 Å². The number of nitriles is 1. The van der Waals surface area contributed by atoms with Crippen molar-refractivity contribution in [1.29, 1.82) is 5.26 Å². The lowest BCUT2D eigenvalue weighted by Crippen LogP contribution is -2.01. The standard InChI is InChI=1S/C72H42N4/c73-43-53-35-34-51(49-19-10-20-52(40-49)54-21-4-5-22-55(54)63-39-36-46-18-13-28-60-56-23-6-8-25-61(56)69(63)68(46)60)41-65(53)57-24-7-9-26-64(57)72-75-70(47-14-2-1-3-15-47)74-71(76-72)48-32-30-44(31-33-48)50-37-38-58-59-27-11-16-45-17-12-29-62(67(45)59)66(58)42-50/h1-42H. The Kier molecular flexibility index (Phi) is 9.91. The van der Waals surface area contributed by atoms with Gasteiger partial charge in [0.25, 0.3) is 0 Å². The van der Waals surface area contributed by atoms with E-state index in [9.17, 15) is 5.26 Å². The minimum Gasteiger partial charge on any atom is -0.208 e. The van der Waals surface area contributed by atoms with Crippen LogP contribution in [0.5, 0.6) is 0 Å². The van der Waals surface area contributed by atoms with Gasteiger partial charge in [-0.05, 0) is 140 Å². The molecular formula is C72H42N4. The summed E-state index contributed by atoms with van der Waals surface area (Å²) in [5.74, 6) is 1.66. The Hall–Kier alpha value is -10.3. The molecule has 0 fully saturated rings. The van der Waals surface area contributed by atoms with Crippen molar-refractivity contribution >= 4 is 21.5 Å². The molecule has 2 aliphatic rings. The summed E-state index contributed by atoms with van der Waals surface area (Å²) in [7, 11) is 0. The van der Waals surface area contributed by atoms with Crippen molar-refractivity contribution in [3.05, 3.63) is 260 Å². The molecule has 13 aromatic rings. The molecule has 4 nitrogen and oxygen atoms in total. The van der Waals surface area contributed by atoms with Gasteiger partial charge in [-0.25, -0.2) is 15.0 Å². The van der Waals surface area contributed by atoms with E-state index in [-0.39, 0.29) is 0 Å². The average molecular weight is 963 g/mol. The summed E-state index contributed by atoms with van der Waals surface area (Å²) >= 11 is 0. The van der Waals surface area contributed by atoms with Gasteiger partial charge < -0.3 is 0 Å². The molecule has 0 bridgehead atoms. The van der Waals surface area contributed by atoms with Crippen molar-refractivity contribution in [1.82, 2.24) is 15.0 Å². The number of rotatable bonds is 8. The second-order valence-electron chi connectivity index (χ2n) is 19.7. The van der Waals surface area contributed by atoms with Gasteiger partial charge in [0.15, 0.2) is 17.5 Å². The highest BCUT2D eigenvalue weighted by molar-refractivity contribution is 6.20. The maximum absolute atomic E-state index is 10.7. The SMILES string of the molecule is N#Cc1ccc(-c2cccc(-c3ccccc3-c3ccc4cccc5c4c3-c3ccccc3-5)c2)cc1-c1ccccc1-c1nc(-c2ccccc2)nc(-c2ccc(-c3ccc4c(c3)-c3cccc5cccc-4c35)cc2)n1. The average Bonchev–Trinajstić information content (AvgIpc) is 4.12. The van der Waals surface area contributed by atoms with Crippen molar-refractivity contribution in [2.75, 3.05) is 0 Å². The first-order valence-electron chi connectivity index (χ1n) is 25.7. The molecule has 1 aromatic heterocycles. The Morgan fingerprint density at radius 2 is 0.671 bits per heavy atom. The summed E-state index contributed by atoms with van der Waals surface area (Å²) in [5, 5.41) is 15.9. The second kappa shape index (κ2) is 17.4. The smallest absolute Gasteiger partial charge is 0.164 e. The van der Waals surface area contributed by atoms with E-state index in [1.807, 2.05) is 54.6 Å². The van der Waals surface area contributed by atoms with Crippen LogP contribution in [-0.2, 0) is 0 Å². The summed E-state index contributed by atoms with van der Waals surface area (Å²) in [5.41, 5.74) is 24.0. The zero-order valence-corrected chi connectivity index (χ0v) is 41.0. The normalized spacial score (nSPS) is 11.7. The third-order valence-corrected chi connectivity index (χ3v) is 15.5. The number of aromatic nitrogens is 3. The first-order valence-corrected chi connectivity index (χ1v) is 25.7. The van der Waals surface area contributed by atoms with Gasteiger partial charge in [-0.2, -0.15) is 5.26 Å². The van der Waals surface area contributed by atoms with Crippen LogP contribution in [0.3, 0.4) is 0 Å². The lowest BCUT2D eigenvalue weighted by molar-refractivity contribution is 1.07. The molecule has 0 unspecified atom stereocenters. The minimum absolute atomic E-state index is 0.524. The van der Waals surface area contributed by atoms with Crippen LogP contribution < -0.4 is 0 Å². The highest BCUT2D eigenvalue weighted by Gasteiger charge is 2.26. The highest BCUT2D eigenvalue weighted by atomic mass is 15.0. The van der Waals surface area contributed by atoms with Gasteiger partial charge in [0, 0.05) is 22.3 Å². The largest absolute Gasteiger partial charge is 0.208 e. The maximum Gasteiger partial charge on any atom is 0.164 e. The zero-order chi connectivity index (χ0) is 50.3. The number of fused-ring (bicyclic) bond motifs is 6. The molecule has 0 N–H and O–H groups in total. The summed E-state index contributed by atoms with van der Waals surface area (Å²) in [6.07, 6.45) is 0. The summed E-state index contributed by atoms with van der Waals surface area (Å²) in [4.78, 5) is 15.5. The topological polar surface area (TPSA) is 62.5 Å². The number of nitrogens with zero attached hydrogens (tertiary/aromatic N) is 4. The Balaban J connectivity index is 0.801. The molecule has 0 spiro atoms. The van der Waals surface area contributed by atoms with Crippen LogP contribution >= 0.6 is 0 Å². The summed E-state index contributed by atoms with van der Waals surface area (Å²) < 4.78 is 0. The minimum atomic E-state index is 0.524. The third kappa shape index (κ3) is 6.95. The number of benzene rings is 12. The predicted octanol–water partition coefficient (Wildman–Crippen LogP) is 18.7. The fraction of sp³-hybridized carbons (Fsp3) is 0. The molecule has 0 aliphatic heterocycles. The Morgan fingerprint density at radius 1 is 0.237 bits per heavy atom. The lowest BCUT2D eigenvalue weighted by Gasteiger charge is -2.16. The number of hydrogen-bond donors (Lipinski definition) is 0. The first-order chi connectivity index (χ1) is 37.6. The second-order valence-corrected chi connectivity index (χ2v) is 19.7. The van der Waals surface area contributed by atoms with E-state index in [1.54, 1.807) is 0 Å². The summed E-state index contributed by atoms with van der Waals surface area (Å²) in [6, 6.07) is 92.8. The monoisotopic (exact) mass is 962 g/mol. The highest BCUT2D eigenvalue weighted by Crippen LogP contribution is 2.53. The molecule has 4 heteroatoms. The molecule has 15 rings (SSSR count). The molecule has 350 valence electrons. The van der Waals surface area contributed by atoms with Crippen molar-refractivity contribution in [2.24, 2.45) is 0 Å². The quantitative estimate of drug-likeness (QED) is 0.152. The number of hydrogen-bond acceptors (Lipinski definition) is 4. The molecule has 2 aliphatic carbocycles. The molecular weight excluding hydrogens is 921 g/mol. The van der Waals surface area contributed by atoms with Gasteiger partial charge in [0.2, 0.25) is 0 Å². The van der Waals surface area contributed by atoms with Gasteiger partial charge in [0.05, 0.1) is 11.6 Å². The van der Waals surface area contributed by atoms with Gasteiger partial charge in [-0.3, -0.25) is 0 Å². The zero-order valence-electron chi connectivity index (χ0n) is 41.0. The summed E-state index contributed by atoms with van der Waals surface area (Å²) in [6.45, 7) is 0. The van der Waals surface area contributed by atoms with Gasteiger partial charge in [0.1, 0.15) is 0 Å². The molecule has 0 amide bonds. The van der Waals surface area contributed by atoms with Crippen molar-refractivity contribution in [3.8, 4) is 140 Å². The van der Waals surface area contributed by atoms with Crippen LogP contribution in [0.4, 0.5) is 0 Å². The van der Waals surface area contributed by atoms with E-state index in [0.29, 0.717) is 23.0 Å². The van der Waals surface area contributed by atoms with Gasteiger partial charge >= 0.3 is 0 Å². The van der Waals surface area contributed by atoms with Crippen molar-refractivity contribution in [3.63, 3.8) is 0 Å². The van der Waals surface area contributed by atoms with Gasteiger partial charge in [-0.15, -0.1) is 0 Å². The fourth-order valence-corrected chi connectivity index (χ4v) is 12.0. The molecule has 76 heavy (non-hydrogen) atoms. The first kappa shape index (κ1) is 43.3. The van der Waals surface area contributed by atoms with Crippen LogP contribution in [0.25, 0.3) is 156 Å². The molecule has 0 atom stereocenters. The fourth-order valence-electron chi connectivity index (χ4n) is 12.0. The third-order valence-electron chi connectivity index (χ3n) is 15.5. The van der Waals surface area contributed by atoms with Crippen LogP contribution in [0.15, 0.2) is 255 Å². The van der Waals surface area contributed by atoms with Crippen molar-refractivity contribution in [2.45, 2.75) is 0 Å². The molecule has 0 radical (unpaired) electrons. The van der Waals surface area contributed by atoms with E-state index in [0.717, 1.165) is 61.2 Å². The van der Waals surface area contributed by atoms with Crippen LogP contribution in [0, 0.1) is 11.3 Å². The molecule has 0 saturated heterocycles. The maximum atomic E-state index is 10.7. The van der Waals surface area contributed by atoms with E-state index >= 15 is 0 Å². The van der Waals surface area contributed by atoms with Crippen LogP contribution in [0.2, 0.25) is 0 Å². The Morgan fingerprint density at radius 3 is 1.39 bits per heavy atom. The molecule has 0 saturated carbocycles. The van der Waals surface area contributed by atoms with Gasteiger partial charge in [-0.1, -0.05) is 231 Å². The molecule has 12 aromatic carbocycles. The Bertz CT molecular complexity index is 4580. The molecule has 1 heterocycles. The Labute approximate surface area is 440 Å². The predicted molar refractivity (Wildman–Crippen MR) is 312 cm³/mol. The lowest BCUT2D eigenvalue weighted by atomic mass is 9.87. The van der Waals surface area contributed by atoms with Crippen LogP contribution in [-0.4, -0.2) is 15.0 Å². The van der Waals surface area contributed by atoms with Crippen molar-refractivity contribution < 1.29 is 0 Å². The van der Waals surface area contributed by atoms with E-state index < -0.39 is 0 Å². The van der Waals surface area contributed by atoms with E-state index in [1.165, 1.54) is 77.2 Å². The van der Waals surface area contributed by atoms with E-state index in [4.69, 9.17) is 15.0 Å². The van der Waals surface area contributed by atoms with E-state index in [2.05, 4.69) is 206 Å².